The van der Waals surface area contributed by atoms with Crippen molar-refractivity contribution >= 4 is 45.8 Å². The largest absolute Gasteiger partial charge is 0.416 e. The number of amides is 1. The molecule has 0 unspecified atom stereocenters. The number of benzene rings is 2. The van der Waals surface area contributed by atoms with Crippen LogP contribution in [0.2, 0.25) is 0 Å². The van der Waals surface area contributed by atoms with Crippen LogP contribution in [0.25, 0.3) is 11.0 Å². The molecule has 0 atom stereocenters. The Labute approximate surface area is 265 Å². The van der Waals surface area contributed by atoms with Crippen LogP contribution in [0.4, 0.5) is 42.0 Å². The van der Waals surface area contributed by atoms with E-state index < -0.39 is 17.6 Å². The van der Waals surface area contributed by atoms with Gasteiger partial charge in [0.1, 0.15) is 17.4 Å². The highest BCUT2D eigenvalue weighted by Crippen LogP contribution is 2.35. The summed E-state index contributed by atoms with van der Waals surface area (Å²) in [6.07, 6.45) is 3.49. The molecule has 11 nitrogen and oxygen atoms in total. The molecule has 0 bridgehead atoms. The molecule has 4 aromatic rings. The summed E-state index contributed by atoms with van der Waals surface area (Å²) < 4.78 is 41.3. The number of allylic oxidation sites excluding steroid dienone is 1. The van der Waals surface area contributed by atoms with E-state index in [0.717, 1.165) is 23.3 Å². The third-order valence-electron chi connectivity index (χ3n) is 7.09. The molecule has 0 fully saturated rings. The summed E-state index contributed by atoms with van der Waals surface area (Å²) in [7, 11) is 5.48. The van der Waals surface area contributed by atoms with E-state index in [4.69, 9.17) is 5.73 Å². The number of fused-ring (bicyclic) bond motifs is 1. The Kier molecular flexibility index (Phi) is 10.7. The summed E-state index contributed by atoms with van der Waals surface area (Å²) in [4.78, 5) is 34.5. The SMILES string of the molecule is C/C=C(\C=C/N)CNc1ncc2ncnc(Nc3cc(C(=O)Nc4cc(N(C)CCN(C)C)cc(C(F)(F)F)c4)ccc3C)c2n1. The number of nitrogens with two attached hydrogens (primary N) is 1. The Balaban J connectivity index is 1.59. The van der Waals surface area contributed by atoms with Gasteiger partial charge in [-0.1, -0.05) is 12.1 Å². The van der Waals surface area contributed by atoms with Crippen molar-refractivity contribution in [3.8, 4) is 0 Å². The molecule has 14 heteroatoms. The van der Waals surface area contributed by atoms with Crippen molar-refractivity contribution in [3.63, 3.8) is 0 Å². The van der Waals surface area contributed by atoms with Gasteiger partial charge < -0.3 is 31.5 Å². The number of alkyl halides is 3. The van der Waals surface area contributed by atoms with Crippen molar-refractivity contribution in [2.75, 3.05) is 61.6 Å². The van der Waals surface area contributed by atoms with Crippen LogP contribution in [0.1, 0.15) is 28.4 Å². The lowest BCUT2D eigenvalue weighted by molar-refractivity contribution is -0.137. The zero-order valence-electron chi connectivity index (χ0n) is 26.3. The van der Waals surface area contributed by atoms with E-state index in [2.05, 4.69) is 35.9 Å². The Morgan fingerprint density at radius 3 is 2.52 bits per heavy atom. The Morgan fingerprint density at radius 2 is 1.83 bits per heavy atom. The molecule has 2 aromatic heterocycles. The first kappa shape index (κ1) is 33.6. The van der Waals surface area contributed by atoms with Crippen LogP contribution in [-0.4, -0.2) is 71.5 Å². The van der Waals surface area contributed by atoms with Crippen molar-refractivity contribution in [2.24, 2.45) is 5.73 Å². The van der Waals surface area contributed by atoms with Gasteiger partial charge in [0.25, 0.3) is 5.91 Å². The number of rotatable bonds is 12. The average Bonchev–Trinajstić information content (AvgIpc) is 3.02. The zero-order valence-corrected chi connectivity index (χ0v) is 26.3. The second-order valence-corrected chi connectivity index (χ2v) is 10.8. The van der Waals surface area contributed by atoms with E-state index in [1.807, 2.05) is 38.9 Å². The fourth-order valence-corrected chi connectivity index (χ4v) is 4.37. The van der Waals surface area contributed by atoms with E-state index in [1.54, 1.807) is 42.4 Å². The zero-order chi connectivity index (χ0) is 33.4. The number of aromatic nitrogens is 4. The molecular formula is C32H37F3N10O. The quantitative estimate of drug-likeness (QED) is 0.146. The van der Waals surface area contributed by atoms with Crippen LogP contribution in [0.5, 0.6) is 0 Å². The van der Waals surface area contributed by atoms with Gasteiger partial charge in [-0.2, -0.15) is 13.2 Å². The van der Waals surface area contributed by atoms with Gasteiger partial charge in [0.2, 0.25) is 5.95 Å². The number of likely N-dealkylation sites (N-methyl/N-ethyl adjacent to an activating group) is 2. The molecule has 0 saturated carbocycles. The van der Waals surface area contributed by atoms with Crippen molar-refractivity contribution in [3.05, 3.63) is 89.5 Å². The number of anilines is 5. The molecule has 5 N–H and O–H groups in total. The second kappa shape index (κ2) is 14.7. The topological polar surface area (TPSA) is 137 Å². The lowest BCUT2D eigenvalue weighted by Gasteiger charge is -2.23. The van der Waals surface area contributed by atoms with Gasteiger partial charge in [-0.25, -0.2) is 19.9 Å². The maximum absolute atomic E-state index is 13.8. The van der Waals surface area contributed by atoms with Crippen LogP contribution < -0.4 is 26.6 Å². The van der Waals surface area contributed by atoms with Crippen molar-refractivity contribution in [1.29, 1.82) is 0 Å². The number of hydrogen-bond donors (Lipinski definition) is 4. The number of nitrogens with one attached hydrogen (secondary N) is 3. The summed E-state index contributed by atoms with van der Waals surface area (Å²) in [5, 5.41) is 9.02. The molecule has 0 aliphatic carbocycles. The Bertz CT molecular complexity index is 1750. The smallest absolute Gasteiger partial charge is 0.405 e. The number of carbonyl (C=O) groups excluding carboxylic acids is 1. The Hall–Kier alpha value is -5.24. The monoisotopic (exact) mass is 634 g/mol. The van der Waals surface area contributed by atoms with Gasteiger partial charge in [-0.05, 0) is 81.7 Å². The minimum absolute atomic E-state index is 0.0307. The normalized spacial score (nSPS) is 12.2. The molecule has 1 amide bonds. The van der Waals surface area contributed by atoms with Gasteiger partial charge in [-0.3, -0.25) is 4.79 Å². The summed E-state index contributed by atoms with van der Waals surface area (Å²) >= 11 is 0. The number of halogens is 3. The summed E-state index contributed by atoms with van der Waals surface area (Å²) in [5.74, 6) is 0.164. The van der Waals surface area contributed by atoms with Crippen molar-refractivity contribution < 1.29 is 18.0 Å². The molecular weight excluding hydrogens is 597 g/mol. The highest BCUT2D eigenvalue weighted by molar-refractivity contribution is 6.05. The van der Waals surface area contributed by atoms with E-state index in [9.17, 15) is 18.0 Å². The molecule has 46 heavy (non-hydrogen) atoms. The lowest BCUT2D eigenvalue weighted by atomic mass is 10.1. The fraction of sp³-hybridized carbons (Fsp3) is 0.281. The van der Waals surface area contributed by atoms with Gasteiger partial charge in [-0.15, -0.1) is 0 Å². The highest BCUT2D eigenvalue weighted by Gasteiger charge is 2.32. The predicted molar refractivity (Wildman–Crippen MR) is 176 cm³/mol. The second-order valence-electron chi connectivity index (χ2n) is 10.8. The lowest BCUT2D eigenvalue weighted by Crippen LogP contribution is -2.28. The van der Waals surface area contributed by atoms with Gasteiger partial charge >= 0.3 is 6.18 Å². The number of aryl methyl sites for hydroxylation is 1. The maximum atomic E-state index is 13.8. The highest BCUT2D eigenvalue weighted by atomic mass is 19.4. The van der Waals surface area contributed by atoms with E-state index in [1.165, 1.54) is 18.6 Å². The minimum atomic E-state index is -4.59. The van der Waals surface area contributed by atoms with Crippen LogP contribution in [0.3, 0.4) is 0 Å². The molecule has 0 aliphatic heterocycles. The number of hydrogen-bond acceptors (Lipinski definition) is 10. The molecule has 242 valence electrons. The molecule has 0 radical (unpaired) electrons. The summed E-state index contributed by atoms with van der Waals surface area (Å²) in [6.45, 7) is 5.33. The van der Waals surface area contributed by atoms with Crippen molar-refractivity contribution in [2.45, 2.75) is 20.0 Å². The van der Waals surface area contributed by atoms with E-state index >= 15 is 0 Å². The minimum Gasteiger partial charge on any atom is -0.405 e. The summed E-state index contributed by atoms with van der Waals surface area (Å²) in [6, 6.07) is 8.47. The summed E-state index contributed by atoms with van der Waals surface area (Å²) in [5.41, 5.74) is 8.48. The number of carbonyl (C=O) groups is 1. The first-order valence-electron chi connectivity index (χ1n) is 14.4. The predicted octanol–water partition coefficient (Wildman–Crippen LogP) is 5.57. The molecule has 0 saturated heterocycles. The van der Waals surface area contributed by atoms with E-state index in [-0.39, 0.29) is 11.3 Å². The third-order valence-corrected chi connectivity index (χ3v) is 7.09. The standard InChI is InChI=1S/C32H37F3N10O/c1-6-21(9-10-36)17-37-31-38-18-27-28(43-31)29(40-19-39-27)42-26-13-22(8-7-20(26)2)30(46)41-24-14-23(32(33,34)35)15-25(16-24)45(5)12-11-44(3)4/h6-10,13-16,18-19H,11-12,17,36H2,1-5H3,(H,41,46)(H,37,38,43)(H,39,40,42)/b10-9-,21-6+. The van der Waals surface area contributed by atoms with E-state index in [0.29, 0.717) is 53.8 Å². The Morgan fingerprint density at radius 1 is 1.04 bits per heavy atom. The molecule has 0 spiro atoms. The van der Waals surface area contributed by atoms with Gasteiger partial charge in [0.15, 0.2) is 5.82 Å². The average molecular weight is 635 g/mol. The first-order chi connectivity index (χ1) is 21.9. The fourth-order valence-electron chi connectivity index (χ4n) is 4.37. The molecule has 2 heterocycles. The molecule has 0 aliphatic rings. The third kappa shape index (κ3) is 8.69. The van der Waals surface area contributed by atoms with Crippen LogP contribution in [0, 0.1) is 6.92 Å². The van der Waals surface area contributed by atoms with Crippen molar-refractivity contribution in [1.82, 2.24) is 24.8 Å². The molecule has 4 rings (SSSR count). The van der Waals surface area contributed by atoms with Crippen LogP contribution in [-0.2, 0) is 6.18 Å². The molecule has 2 aromatic carbocycles. The van der Waals surface area contributed by atoms with Crippen LogP contribution >= 0.6 is 0 Å². The van der Waals surface area contributed by atoms with Gasteiger partial charge in [0.05, 0.1) is 11.8 Å². The van der Waals surface area contributed by atoms with Gasteiger partial charge in [0, 0.05) is 49.3 Å². The maximum Gasteiger partial charge on any atom is 0.416 e. The number of nitrogens with zero attached hydrogens (tertiary/aromatic N) is 6. The first-order valence-corrected chi connectivity index (χ1v) is 14.4. The van der Waals surface area contributed by atoms with Crippen LogP contribution in [0.15, 0.2) is 72.8 Å².